The third-order valence-electron chi connectivity index (χ3n) is 4.86. The molecular weight excluding hydrogens is 314 g/mol. The number of H-pyrrole nitrogens is 1. The van der Waals surface area contributed by atoms with Crippen LogP contribution in [-0.4, -0.2) is 44.1 Å². The van der Waals surface area contributed by atoms with Gasteiger partial charge < -0.3 is 4.90 Å². The van der Waals surface area contributed by atoms with Crippen molar-refractivity contribution < 1.29 is 4.79 Å². The first kappa shape index (κ1) is 15.7. The van der Waals surface area contributed by atoms with Gasteiger partial charge in [-0.05, 0) is 43.0 Å². The summed E-state index contributed by atoms with van der Waals surface area (Å²) in [6.07, 6.45) is 8.73. The van der Waals surface area contributed by atoms with E-state index in [9.17, 15) is 4.79 Å². The molecule has 0 aliphatic carbocycles. The average Bonchev–Trinajstić information content (AvgIpc) is 3.15. The molecule has 4 heterocycles. The molecular formula is C19H21N5O. The standard InChI is InChI=1S/C19H21N5O/c25-18(8-5-14-3-1-9-20-11-14)24-10-2-4-16(13-24)17-7-6-15-12-21-23-19(15)22-17/h1,3,6-7,9,11-12,16H,2,4-5,8,10,13H2,(H,21,22,23)/t16-/m0/s1. The fourth-order valence-electron chi connectivity index (χ4n) is 3.47. The molecule has 0 spiro atoms. The number of fused-ring (bicyclic) bond motifs is 1. The van der Waals surface area contributed by atoms with Gasteiger partial charge in [-0.15, -0.1) is 0 Å². The summed E-state index contributed by atoms with van der Waals surface area (Å²) in [6, 6.07) is 8.04. The van der Waals surface area contributed by atoms with Crippen molar-refractivity contribution in [2.24, 2.45) is 0 Å². The Morgan fingerprint density at radius 2 is 2.24 bits per heavy atom. The van der Waals surface area contributed by atoms with Gasteiger partial charge in [-0.3, -0.25) is 14.9 Å². The molecule has 1 saturated heterocycles. The van der Waals surface area contributed by atoms with Gasteiger partial charge in [0.25, 0.3) is 0 Å². The van der Waals surface area contributed by atoms with Crippen LogP contribution in [0.4, 0.5) is 0 Å². The summed E-state index contributed by atoms with van der Waals surface area (Å²) in [7, 11) is 0. The number of piperidine rings is 1. The topological polar surface area (TPSA) is 74.8 Å². The van der Waals surface area contributed by atoms with E-state index in [0.717, 1.165) is 54.6 Å². The molecule has 1 amide bonds. The Bertz CT molecular complexity index is 860. The lowest BCUT2D eigenvalue weighted by atomic mass is 9.93. The zero-order valence-electron chi connectivity index (χ0n) is 14.1. The van der Waals surface area contributed by atoms with E-state index in [0.29, 0.717) is 12.3 Å². The van der Waals surface area contributed by atoms with E-state index in [1.807, 2.05) is 29.3 Å². The van der Waals surface area contributed by atoms with E-state index < -0.39 is 0 Å². The molecule has 0 saturated carbocycles. The number of carbonyl (C=O) groups excluding carboxylic acids is 1. The Morgan fingerprint density at radius 1 is 1.28 bits per heavy atom. The number of hydrogen-bond donors (Lipinski definition) is 1. The van der Waals surface area contributed by atoms with Gasteiger partial charge in [-0.25, -0.2) is 4.98 Å². The molecule has 1 aliphatic heterocycles. The first-order valence-electron chi connectivity index (χ1n) is 8.76. The van der Waals surface area contributed by atoms with E-state index in [1.54, 1.807) is 12.4 Å². The van der Waals surface area contributed by atoms with Gasteiger partial charge in [0.15, 0.2) is 5.65 Å². The number of aromatic nitrogens is 4. The number of carbonyl (C=O) groups is 1. The highest BCUT2D eigenvalue weighted by atomic mass is 16.2. The van der Waals surface area contributed by atoms with Crippen molar-refractivity contribution in [1.29, 1.82) is 0 Å². The predicted molar refractivity (Wildman–Crippen MR) is 95.0 cm³/mol. The zero-order chi connectivity index (χ0) is 17.1. The van der Waals surface area contributed by atoms with Gasteiger partial charge in [0, 0.05) is 48.9 Å². The number of aryl methyl sites for hydroxylation is 1. The number of pyridine rings is 2. The largest absolute Gasteiger partial charge is 0.342 e. The van der Waals surface area contributed by atoms with E-state index in [2.05, 4.69) is 26.2 Å². The molecule has 6 nitrogen and oxygen atoms in total. The van der Waals surface area contributed by atoms with Gasteiger partial charge in [-0.2, -0.15) is 5.10 Å². The van der Waals surface area contributed by atoms with Gasteiger partial charge >= 0.3 is 0 Å². The second-order valence-corrected chi connectivity index (χ2v) is 6.58. The number of rotatable bonds is 4. The number of likely N-dealkylation sites (tertiary alicyclic amines) is 1. The minimum atomic E-state index is 0.219. The normalized spacial score (nSPS) is 17.8. The van der Waals surface area contributed by atoms with Crippen molar-refractivity contribution in [3.05, 3.63) is 54.1 Å². The van der Waals surface area contributed by atoms with Crippen LogP contribution < -0.4 is 0 Å². The molecule has 128 valence electrons. The van der Waals surface area contributed by atoms with E-state index >= 15 is 0 Å². The summed E-state index contributed by atoms with van der Waals surface area (Å²) in [5.74, 6) is 0.514. The highest BCUT2D eigenvalue weighted by Gasteiger charge is 2.25. The lowest BCUT2D eigenvalue weighted by molar-refractivity contribution is -0.132. The number of aromatic amines is 1. The summed E-state index contributed by atoms with van der Waals surface area (Å²) in [5, 5.41) is 7.97. The van der Waals surface area contributed by atoms with Crippen LogP contribution in [0.2, 0.25) is 0 Å². The van der Waals surface area contributed by atoms with Crippen LogP contribution in [-0.2, 0) is 11.2 Å². The quantitative estimate of drug-likeness (QED) is 0.795. The fourth-order valence-corrected chi connectivity index (χ4v) is 3.47. The lowest BCUT2D eigenvalue weighted by Gasteiger charge is -2.32. The van der Waals surface area contributed by atoms with Crippen LogP contribution in [0, 0.1) is 0 Å². The molecule has 1 fully saturated rings. The second-order valence-electron chi connectivity index (χ2n) is 6.58. The molecule has 25 heavy (non-hydrogen) atoms. The molecule has 4 rings (SSSR count). The molecule has 3 aromatic heterocycles. The molecule has 3 aromatic rings. The Kier molecular flexibility index (Phi) is 4.41. The third-order valence-corrected chi connectivity index (χ3v) is 4.86. The maximum atomic E-state index is 12.6. The van der Waals surface area contributed by atoms with E-state index in [4.69, 9.17) is 0 Å². The minimum absolute atomic E-state index is 0.219. The van der Waals surface area contributed by atoms with Crippen molar-refractivity contribution in [3.63, 3.8) is 0 Å². The average molecular weight is 335 g/mol. The minimum Gasteiger partial charge on any atom is -0.342 e. The van der Waals surface area contributed by atoms with Crippen LogP contribution in [0.3, 0.4) is 0 Å². The third kappa shape index (κ3) is 3.52. The van der Waals surface area contributed by atoms with Crippen LogP contribution >= 0.6 is 0 Å². The van der Waals surface area contributed by atoms with Crippen molar-refractivity contribution in [2.45, 2.75) is 31.6 Å². The number of amides is 1. The predicted octanol–water partition coefficient (Wildman–Crippen LogP) is 2.69. The smallest absolute Gasteiger partial charge is 0.222 e. The summed E-state index contributed by atoms with van der Waals surface area (Å²) in [6.45, 7) is 1.59. The van der Waals surface area contributed by atoms with E-state index in [1.165, 1.54) is 0 Å². The monoisotopic (exact) mass is 335 g/mol. The first-order valence-corrected chi connectivity index (χ1v) is 8.76. The molecule has 0 aromatic carbocycles. The highest BCUT2D eigenvalue weighted by molar-refractivity contribution is 5.77. The summed E-state index contributed by atoms with van der Waals surface area (Å²) in [5.41, 5.74) is 2.97. The molecule has 6 heteroatoms. The summed E-state index contributed by atoms with van der Waals surface area (Å²) in [4.78, 5) is 23.4. The zero-order valence-corrected chi connectivity index (χ0v) is 14.1. The number of nitrogens with zero attached hydrogens (tertiary/aromatic N) is 4. The van der Waals surface area contributed by atoms with Gasteiger partial charge in [0.1, 0.15) is 0 Å². The van der Waals surface area contributed by atoms with Crippen molar-refractivity contribution in [1.82, 2.24) is 25.1 Å². The van der Waals surface area contributed by atoms with Crippen LogP contribution in [0.1, 0.15) is 36.4 Å². The Labute approximate surface area is 146 Å². The second kappa shape index (κ2) is 7.01. The van der Waals surface area contributed by atoms with Crippen molar-refractivity contribution in [3.8, 4) is 0 Å². The van der Waals surface area contributed by atoms with Crippen LogP contribution in [0.15, 0.2) is 42.9 Å². The Hall–Kier alpha value is -2.76. The molecule has 1 atom stereocenters. The Balaban J connectivity index is 1.40. The van der Waals surface area contributed by atoms with Crippen molar-refractivity contribution in [2.75, 3.05) is 13.1 Å². The van der Waals surface area contributed by atoms with Crippen LogP contribution in [0.5, 0.6) is 0 Å². The molecule has 0 bridgehead atoms. The lowest BCUT2D eigenvalue weighted by Crippen LogP contribution is -2.39. The maximum absolute atomic E-state index is 12.6. The molecule has 1 N–H and O–H groups in total. The Morgan fingerprint density at radius 3 is 3.12 bits per heavy atom. The first-order chi connectivity index (χ1) is 12.3. The fraction of sp³-hybridized carbons (Fsp3) is 0.368. The number of hydrogen-bond acceptors (Lipinski definition) is 4. The molecule has 1 aliphatic rings. The maximum Gasteiger partial charge on any atom is 0.222 e. The summed E-state index contributed by atoms with van der Waals surface area (Å²) >= 11 is 0. The highest BCUT2D eigenvalue weighted by Crippen LogP contribution is 2.27. The van der Waals surface area contributed by atoms with E-state index in [-0.39, 0.29) is 5.91 Å². The summed E-state index contributed by atoms with van der Waals surface area (Å²) < 4.78 is 0. The van der Waals surface area contributed by atoms with Gasteiger partial charge in [0.05, 0.1) is 6.20 Å². The van der Waals surface area contributed by atoms with Crippen molar-refractivity contribution >= 4 is 16.9 Å². The van der Waals surface area contributed by atoms with Gasteiger partial charge in [0.2, 0.25) is 5.91 Å². The molecule has 0 radical (unpaired) electrons. The van der Waals surface area contributed by atoms with Crippen LogP contribution in [0.25, 0.3) is 11.0 Å². The molecule has 0 unspecified atom stereocenters. The van der Waals surface area contributed by atoms with Gasteiger partial charge in [-0.1, -0.05) is 6.07 Å². The number of nitrogens with one attached hydrogen (secondary N) is 1. The SMILES string of the molecule is O=C(CCc1cccnc1)N1CCC[C@H](c2ccc3cn[nH]c3n2)C1.